The van der Waals surface area contributed by atoms with Gasteiger partial charge in [-0.25, -0.2) is 0 Å². The fourth-order valence-electron chi connectivity index (χ4n) is 2.19. The van der Waals surface area contributed by atoms with E-state index in [1.807, 2.05) is 48.5 Å². The molecule has 1 N–H and O–H groups in total. The van der Waals surface area contributed by atoms with Crippen molar-refractivity contribution in [3.8, 4) is 16.2 Å². The van der Waals surface area contributed by atoms with Crippen molar-refractivity contribution in [2.24, 2.45) is 0 Å². The molecule has 2 aromatic heterocycles. The number of thiophene rings is 1. The van der Waals surface area contributed by atoms with Gasteiger partial charge in [0.05, 0.1) is 7.11 Å². The molecule has 0 spiro atoms. The van der Waals surface area contributed by atoms with E-state index in [1.54, 1.807) is 19.5 Å². The normalized spacial score (nSPS) is 10.3. The lowest BCUT2D eigenvalue weighted by Gasteiger charge is -2.05. The molecule has 0 aliphatic heterocycles. The quantitative estimate of drug-likeness (QED) is 0.777. The maximum Gasteiger partial charge on any atom is 0.265 e. The van der Waals surface area contributed by atoms with E-state index in [-0.39, 0.29) is 5.91 Å². The van der Waals surface area contributed by atoms with E-state index in [0.29, 0.717) is 17.2 Å². The van der Waals surface area contributed by atoms with E-state index < -0.39 is 0 Å². The number of hydrogen-bond acceptors (Lipinski definition) is 4. The summed E-state index contributed by atoms with van der Waals surface area (Å²) in [5.41, 5.74) is 2.03. The van der Waals surface area contributed by atoms with E-state index in [2.05, 4.69) is 10.3 Å². The molecule has 0 aliphatic rings. The summed E-state index contributed by atoms with van der Waals surface area (Å²) in [6.07, 6.45) is 3.45. The van der Waals surface area contributed by atoms with Gasteiger partial charge in [0.15, 0.2) is 0 Å². The number of aromatic nitrogens is 1. The summed E-state index contributed by atoms with van der Waals surface area (Å²) in [7, 11) is 1.58. The largest absolute Gasteiger partial charge is 0.495 e. The Morgan fingerprint density at radius 1 is 1.22 bits per heavy atom. The minimum Gasteiger partial charge on any atom is -0.495 e. The molecule has 0 bridgehead atoms. The van der Waals surface area contributed by atoms with Crippen molar-refractivity contribution in [3.05, 3.63) is 71.4 Å². The average molecular weight is 324 g/mol. The fourth-order valence-corrected chi connectivity index (χ4v) is 3.24. The van der Waals surface area contributed by atoms with Gasteiger partial charge < -0.3 is 10.1 Å². The summed E-state index contributed by atoms with van der Waals surface area (Å²) in [5.74, 6) is 0.454. The summed E-state index contributed by atoms with van der Waals surface area (Å²) >= 11 is 1.43. The van der Waals surface area contributed by atoms with Gasteiger partial charge in [-0.3, -0.25) is 9.78 Å². The molecular formula is C18H16N2O2S. The molecule has 5 heteroatoms. The first kappa shape index (κ1) is 15.2. The standard InChI is InChI=1S/C18H16N2O2S/c1-22-15-10-16(14-7-3-2-4-8-14)23-17(15)18(21)20-12-13-6-5-9-19-11-13/h2-11H,12H2,1H3,(H,20,21). The van der Waals surface area contributed by atoms with E-state index >= 15 is 0 Å². The number of carbonyl (C=O) groups is 1. The molecule has 2 heterocycles. The third-order valence-electron chi connectivity index (χ3n) is 3.36. The summed E-state index contributed by atoms with van der Waals surface area (Å²) < 4.78 is 5.36. The Labute approximate surface area is 138 Å². The van der Waals surface area contributed by atoms with Crippen LogP contribution in [0.2, 0.25) is 0 Å². The molecule has 0 saturated carbocycles. The van der Waals surface area contributed by atoms with Gasteiger partial charge in [-0.1, -0.05) is 36.4 Å². The highest BCUT2D eigenvalue weighted by molar-refractivity contribution is 7.17. The van der Waals surface area contributed by atoms with Crippen molar-refractivity contribution in [2.45, 2.75) is 6.54 Å². The maximum absolute atomic E-state index is 12.4. The molecule has 0 atom stereocenters. The van der Waals surface area contributed by atoms with Gasteiger partial charge in [0, 0.05) is 23.8 Å². The van der Waals surface area contributed by atoms with Gasteiger partial charge in [-0.2, -0.15) is 0 Å². The minimum atomic E-state index is -0.141. The first-order valence-electron chi connectivity index (χ1n) is 7.18. The molecule has 3 aromatic rings. The third-order valence-corrected chi connectivity index (χ3v) is 4.52. The zero-order chi connectivity index (χ0) is 16.1. The Morgan fingerprint density at radius 2 is 2.04 bits per heavy atom. The van der Waals surface area contributed by atoms with Crippen LogP contribution in [-0.4, -0.2) is 18.0 Å². The number of rotatable bonds is 5. The second kappa shape index (κ2) is 7.07. The fraction of sp³-hybridized carbons (Fsp3) is 0.111. The van der Waals surface area contributed by atoms with Crippen LogP contribution in [0.3, 0.4) is 0 Å². The van der Waals surface area contributed by atoms with Crippen LogP contribution in [0, 0.1) is 0 Å². The Balaban J connectivity index is 1.79. The lowest BCUT2D eigenvalue weighted by atomic mass is 10.2. The molecule has 23 heavy (non-hydrogen) atoms. The number of carbonyl (C=O) groups excluding carboxylic acids is 1. The maximum atomic E-state index is 12.4. The van der Waals surface area contributed by atoms with Crippen LogP contribution in [0.4, 0.5) is 0 Å². The number of benzene rings is 1. The van der Waals surface area contributed by atoms with Gasteiger partial charge in [0.2, 0.25) is 0 Å². The van der Waals surface area contributed by atoms with Crippen LogP contribution in [0.1, 0.15) is 15.2 Å². The Bertz CT molecular complexity index is 785. The first-order chi connectivity index (χ1) is 11.3. The van der Waals surface area contributed by atoms with E-state index in [4.69, 9.17) is 4.74 Å². The molecule has 0 saturated heterocycles. The Hall–Kier alpha value is -2.66. The second-order valence-corrected chi connectivity index (χ2v) is 5.97. The molecule has 0 aliphatic carbocycles. The van der Waals surface area contributed by atoms with Gasteiger partial charge >= 0.3 is 0 Å². The van der Waals surface area contributed by atoms with Crippen LogP contribution in [0.5, 0.6) is 5.75 Å². The van der Waals surface area contributed by atoms with Crippen molar-refractivity contribution in [1.82, 2.24) is 10.3 Å². The van der Waals surface area contributed by atoms with E-state index in [0.717, 1.165) is 16.0 Å². The molecular weight excluding hydrogens is 308 g/mol. The highest BCUT2D eigenvalue weighted by Crippen LogP contribution is 2.36. The summed E-state index contributed by atoms with van der Waals surface area (Å²) in [4.78, 5) is 18.1. The van der Waals surface area contributed by atoms with Crippen LogP contribution in [0.25, 0.3) is 10.4 Å². The lowest BCUT2D eigenvalue weighted by molar-refractivity contribution is 0.0952. The van der Waals surface area contributed by atoms with Gasteiger partial charge in [0.25, 0.3) is 5.91 Å². The monoisotopic (exact) mass is 324 g/mol. The van der Waals surface area contributed by atoms with Crippen LogP contribution < -0.4 is 10.1 Å². The van der Waals surface area contributed by atoms with E-state index in [9.17, 15) is 4.79 Å². The number of ether oxygens (including phenoxy) is 1. The lowest BCUT2D eigenvalue weighted by Crippen LogP contribution is -2.22. The molecule has 116 valence electrons. The van der Waals surface area contributed by atoms with Gasteiger partial charge in [-0.15, -0.1) is 11.3 Å². The minimum absolute atomic E-state index is 0.141. The number of pyridine rings is 1. The highest BCUT2D eigenvalue weighted by atomic mass is 32.1. The number of nitrogens with zero attached hydrogens (tertiary/aromatic N) is 1. The SMILES string of the molecule is COc1cc(-c2ccccc2)sc1C(=O)NCc1cccnc1. The zero-order valence-electron chi connectivity index (χ0n) is 12.7. The van der Waals surface area contributed by atoms with Crippen LogP contribution >= 0.6 is 11.3 Å². The summed E-state index contributed by atoms with van der Waals surface area (Å²) in [5, 5.41) is 2.91. The molecule has 0 unspecified atom stereocenters. The smallest absolute Gasteiger partial charge is 0.265 e. The van der Waals surface area contributed by atoms with Crippen molar-refractivity contribution in [2.75, 3.05) is 7.11 Å². The second-order valence-electron chi connectivity index (χ2n) is 4.92. The molecule has 4 nitrogen and oxygen atoms in total. The molecule has 3 rings (SSSR count). The Morgan fingerprint density at radius 3 is 2.74 bits per heavy atom. The summed E-state index contributed by atoms with van der Waals surface area (Å²) in [6.45, 7) is 0.439. The zero-order valence-corrected chi connectivity index (χ0v) is 13.5. The number of methoxy groups -OCH3 is 1. The molecule has 0 fully saturated rings. The third kappa shape index (κ3) is 3.57. The number of hydrogen-bond donors (Lipinski definition) is 1. The average Bonchev–Trinajstić information content (AvgIpc) is 3.06. The molecule has 1 amide bonds. The molecule has 1 aromatic carbocycles. The van der Waals surface area contributed by atoms with Crippen molar-refractivity contribution >= 4 is 17.2 Å². The van der Waals surface area contributed by atoms with Crippen LogP contribution in [0.15, 0.2) is 60.9 Å². The molecule has 0 radical (unpaired) electrons. The first-order valence-corrected chi connectivity index (χ1v) is 8.00. The topological polar surface area (TPSA) is 51.2 Å². The number of nitrogens with one attached hydrogen (secondary N) is 1. The van der Waals surface area contributed by atoms with Gasteiger partial charge in [-0.05, 0) is 23.3 Å². The van der Waals surface area contributed by atoms with Crippen molar-refractivity contribution in [3.63, 3.8) is 0 Å². The van der Waals surface area contributed by atoms with E-state index in [1.165, 1.54) is 11.3 Å². The predicted octanol–water partition coefficient (Wildman–Crippen LogP) is 3.75. The Kier molecular flexibility index (Phi) is 4.68. The van der Waals surface area contributed by atoms with Gasteiger partial charge in [0.1, 0.15) is 10.6 Å². The van der Waals surface area contributed by atoms with Crippen LogP contribution in [-0.2, 0) is 6.54 Å². The number of amides is 1. The predicted molar refractivity (Wildman–Crippen MR) is 91.7 cm³/mol. The van der Waals surface area contributed by atoms with Crippen molar-refractivity contribution < 1.29 is 9.53 Å². The van der Waals surface area contributed by atoms with Crippen molar-refractivity contribution in [1.29, 1.82) is 0 Å². The highest BCUT2D eigenvalue weighted by Gasteiger charge is 2.17. The summed E-state index contributed by atoms with van der Waals surface area (Å²) in [6, 6.07) is 15.6.